The summed E-state index contributed by atoms with van der Waals surface area (Å²) < 4.78 is 0. The van der Waals surface area contributed by atoms with Crippen LogP contribution in [-0.2, 0) is 0 Å². The number of hydrogen-bond donors (Lipinski definition) is 2. The van der Waals surface area contributed by atoms with Gasteiger partial charge in [-0.25, -0.2) is 0 Å². The molecule has 2 N–H and O–H groups in total. The predicted octanol–water partition coefficient (Wildman–Crippen LogP) is 4.76. The van der Waals surface area contributed by atoms with Crippen LogP contribution in [0.25, 0.3) is 11.1 Å². The quantitative estimate of drug-likeness (QED) is 0.600. The molecule has 0 bridgehead atoms. The summed E-state index contributed by atoms with van der Waals surface area (Å²) in [5, 5.41) is 18.4. The first kappa shape index (κ1) is 17.9. The zero-order chi connectivity index (χ0) is 17.5. The molecule has 1 amide bonds. The van der Waals surface area contributed by atoms with Crippen LogP contribution in [0, 0.1) is 0 Å². The molecular formula is C20H21NO2S2. The number of rotatable bonds is 8. The summed E-state index contributed by atoms with van der Waals surface area (Å²) in [6.07, 6.45) is 1.56. The second-order valence-electron chi connectivity index (χ2n) is 5.86. The molecule has 3 nitrogen and oxygen atoms in total. The molecule has 0 saturated carbocycles. The highest BCUT2D eigenvalue weighted by atomic mass is 32.1. The molecule has 2 aromatic heterocycles. The average Bonchev–Trinajstić information content (AvgIpc) is 3.34. The zero-order valence-corrected chi connectivity index (χ0v) is 15.5. The van der Waals surface area contributed by atoms with Crippen molar-refractivity contribution >= 4 is 28.6 Å². The average molecular weight is 372 g/mol. The minimum Gasteiger partial charge on any atom is -0.396 e. The van der Waals surface area contributed by atoms with Crippen LogP contribution in [0.1, 0.15) is 34.0 Å². The van der Waals surface area contributed by atoms with Gasteiger partial charge in [-0.05, 0) is 70.3 Å². The number of aliphatic hydroxyl groups excluding tert-OH is 1. The molecule has 0 aliphatic heterocycles. The number of benzene rings is 1. The Bertz CT molecular complexity index is 765. The molecule has 0 saturated heterocycles. The van der Waals surface area contributed by atoms with E-state index in [0.29, 0.717) is 18.0 Å². The Balaban J connectivity index is 1.53. The van der Waals surface area contributed by atoms with E-state index in [4.69, 9.17) is 0 Å². The minimum absolute atomic E-state index is 0.0502. The summed E-state index contributed by atoms with van der Waals surface area (Å²) >= 11 is 3.37. The molecular weight excluding hydrogens is 350 g/mol. The molecule has 130 valence electrons. The Kier molecular flexibility index (Phi) is 6.39. The number of carbonyl (C=O) groups is 1. The lowest BCUT2D eigenvalue weighted by molar-refractivity contribution is 0.0952. The van der Waals surface area contributed by atoms with Crippen molar-refractivity contribution in [2.24, 2.45) is 0 Å². The molecule has 3 rings (SSSR count). The maximum absolute atomic E-state index is 12.3. The third kappa shape index (κ3) is 4.78. The maximum atomic E-state index is 12.3. The Labute approximate surface area is 156 Å². The number of hydrogen-bond acceptors (Lipinski definition) is 4. The van der Waals surface area contributed by atoms with Gasteiger partial charge in [-0.1, -0.05) is 18.2 Å². The second kappa shape index (κ2) is 8.94. The van der Waals surface area contributed by atoms with E-state index in [1.165, 1.54) is 10.4 Å². The fraction of sp³-hybridized carbons (Fsp3) is 0.250. The van der Waals surface area contributed by atoms with Crippen molar-refractivity contribution in [1.82, 2.24) is 5.32 Å². The number of thiophene rings is 2. The predicted molar refractivity (Wildman–Crippen MR) is 105 cm³/mol. The lowest BCUT2D eigenvalue weighted by Crippen LogP contribution is -2.25. The van der Waals surface area contributed by atoms with Crippen molar-refractivity contribution < 1.29 is 9.90 Å². The highest BCUT2D eigenvalue weighted by Crippen LogP contribution is 2.27. The van der Waals surface area contributed by atoms with Crippen molar-refractivity contribution in [2.75, 3.05) is 13.2 Å². The van der Waals surface area contributed by atoms with Crippen LogP contribution in [-0.4, -0.2) is 24.2 Å². The van der Waals surface area contributed by atoms with Crippen molar-refractivity contribution in [3.8, 4) is 11.1 Å². The van der Waals surface area contributed by atoms with Gasteiger partial charge in [0.15, 0.2) is 0 Å². The summed E-state index contributed by atoms with van der Waals surface area (Å²) in [7, 11) is 0. The van der Waals surface area contributed by atoms with Gasteiger partial charge < -0.3 is 10.4 Å². The highest BCUT2D eigenvalue weighted by Gasteiger charge is 2.13. The Morgan fingerprint density at radius 1 is 1.04 bits per heavy atom. The normalized spacial score (nSPS) is 12.0. The van der Waals surface area contributed by atoms with Crippen molar-refractivity contribution in [1.29, 1.82) is 0 Å². The first-order valence-electron chi connectivity index (χ1n) is 8.33. The van der Waals surface area contributed by atoms with E-state index in [-0.39, 0.29) is 12.5 Å². The molecule has 0 aliphatic rings. The maximum Gasteiger partial charge on any atom is 0.251 e. The van der Waals surface area contributed by atoms with Crippen LogP contribution in [0.2, 0.25) is 0 Å². The topological polar surface area (TPSA) is 49.3 Å². The number of aliphatic hydroxyl groups is 1. The smallest absolute Gasteiger partial charge is 0.251 e. The Morgan fingerprint density at radius 3 is 2.52 bits per heavy atom. The van der Waals surface area contributed by atoms with Gasteiger partial charge in [0.25, 0.3) is 5.91 Å². The van der Waals surface area contributed by atoms with Crippen molar-refractivity contribution in [3.05, 3.63) is 69.0 Å². The van der Waals surface area contributed by atoms with E-state index < -0.39 is 0 Å². The van der Waals surface area contributed by atoms with Gasteiger partial charge in [0.05, 0.1) is 0 Å². The Hall–Kier alpha value is -1.95. The highest BCUT2D eigenvalue weighted by molar-refractivity contribution is 7.10. The first-order chi connectivity index (χ1) is 12.3. The van der Waals surface area contributed by atoms with E-state index in [1.807, 2.05) is 41.1 Å². The van der Waals surface area contributed by atoms with Crippen LogP contribution < -0.4 is 5.32 Å². The molecule has 1 atom stereocenters. The third-order valence-corrected chi connectivity index (χ3v) is 5.92. The summed E-state index contributed by atoms with van der Waals surface area (Å²) in [4.78, 5) is 13.6. The van der Waals surface area contributed by atoms with Crippen LogP contribution in [0.3, 0.4) is 0 Å². The van der Waals surface area contributed by atoms with E-state index in [9.17, 15) is 9.90 Å². The van der Waals surface area contributed by atoms with Gasteiger partial charge in [0.1, 0.15) is 0 Å². The van der Waals surface area contributed by atoms with E-state index in [1.54, 1.807) is 22.7 Å². The molecule has 1 unspecified atom stereocenters. The fourth-order valence-electron chi connectivity index (χ4n) is 2.81. The van der Waals surface area contributed by atoms with Gasteiger partial charge in [0, 0.05) is 23.6 Å². The van der Waals surface area contributed by atoms with Crippen LogP contribution >= 0.6 is 22.7 Å². The second-order valence-corrected chi connectivity index (χ2v) is 7.62. The number of carbonyl (C=O) groups excluding carboxylic acids is 1. The standard InChI is InChI=1S/C20H21NO2S2/c22-11-8-16(19-2-1-12-25-19)7-10-21-20(23)17-5-3-15(4-6-17)18-9-13-24-14-18/h1-6,9,12-14,16,22H,7-8,10-11H2,(H,21,23). The van der Waals surface area contributed by atoms with Crippen LogP contribution in [0.5, 0.6) is 0 Å². The first-order valence-corrected chi connectivity index (χ1v) is 10.2. The summed E-state index contributed by atoms with van der Waals surface area (Å²) in [5.41, 5.74) is 2.98. The van der Waals surface area contributed by atoms with E-state index >= 15 is 0 Å². The SMILES string of the molecule is O=C(NCCC(CCO)c1cccs1)c1ccc(-c2ccsc2)cc1. The lowest BCUT2D eigenvalue weighted by Gasteiger charge is -2.14. The lowest BCUT2D eigenvalue weighted by atomic mass is 10.00. The van der Waals surface area contributed by atoms with Gasteiger partial charge in [-0.15, -0.1) is 11.3 Å². The zero-order valence-electron chi connectivity index (χ0n) is 13.9. The molecule has 2 heterocycles. The molecule has 3 aromatic rings. The molecule has 1 aromatic carbocycles. The summed E-state index contributed by atoms with van der Waals surface area (Å²) in [6, 6.07) is 13.9. The molecule has 0 spiro atoms. The molecule has 0 fully saturated rings. The molecule has 5 heteroatoms. The van der Waals surface area contributed by atoms with Gasteiger partial charge in [0.2, 0.25) is 0 Å². The monoisotopic (exact) mass is 371 g/mol. The number of nitrogens with one attached hydrogen (secondary N) is 1. The fourth-order valence-corrected chi connectivity index (χ4v) is 4.38. The van der Waals surface area contributed by atoms with Crippen molar-refractivity contribution in [2.45, 2.75) is 18.8 Å². The van der Waals surface area contributed by atoms with E-state index in [2.05, 4.69) is 22.8 Å². The van der Waals surface area contributed by atoms with Gasteiger partial charge in [-0.3, -0.25) is 4.79 Å². The minimum atomic E-state index is -0.0502. The molecule has 0 radical (unpaired) electrons. The third-order valence-electron chi connectivity index (χ3n) is 4.20. The summed E-state index contributed by atoms with van der Waals surface area (Å²) in [6.45, 7) is 0.772. The molecule has 0 aliphatic carbocycles. The molecule has 25 heavy (non-hydrogen) atoms. The van der Waals surface area contributed by atoms with Crippen molar-refractivity contribution in [3.63, 3.8) is 0 Å². The summed E-state index contributed by atoms with van der Waals surface area (Å²) in [5.74, 6) is 0.247. The van der Waals surface area contributed by atoms with E-state index in [0.717, 1.165) is 18.4 Å². The Morgan fingerprint density at radius 2 is 1.88 bits per heavy atom. The number of amides is 1. The van der Waals surface area contributed by atoms with Crippen LogP contribution in [0.4, 0.5) is 0 Å². The van der Waals surface area contributed by atoms with Crippen LogP contribution in [0.15, 0.2) is 58.6 Å². The van der Waals surface area contributed by atoms with Gasteiger partial charge in [-0.2, -0.15) is 11.3 Å². The van der Waals surface area contributed by atoms with Gasteiger partial charge >= 0.3 is 0 Å². The largest absolute Gasteiger partial charge is 0.396 e.